The van der Waals surface area contributed by atoms with Crippen LogP contribution in [0.1, 0.15) is 26.4 Å². The van der Waals surface area contributed by atoms with Crippen LogP contribution in [0.3, 0.4) is 0 Å². The number of fused-ring (bicyclic) bond motifs is 3. The molecule has 3 aromatic rings. The SMILES string of the molecule is O=C(N/N=C\c1ccc(F)c(F)c1)c1cc2c(s1)-c1ccccc1CC2. The molecule has 0 unspecified atom stereocenters. The van der Waals surface area contributed by atoms with Crippen LogP contribution < -0.4 is 5.43 Å². The highest BCUT2D eigenvalue weighted by atomic mass is 32.1. The van der Waals surface area contributed by atoms with Gasteiger partial charge in [-0.2, -0.15) is 5.10 Å². The topological polar surface area (TPSA) is 41.5 Å². The lowest BCUT2D eigenvalue weighted by Gasteiger charge is -2.15. The van der Waals surface area contributed by atoms with Gasteiger partial charge in [-0.1, -0.05) is 30.3 Å². The summed E-state index contributed by atoms with van der Waals surface area (Å²) in [4.78, 5) is 14.0. The lowest BCUT2D eigenvalue weighted by Crippen LogP contribution is -2.16. The number of hydrazone groups is 1. The Morgan fingerprint density at radius 3 is 2.69 bits per heavy atom. The Balaban J connectivity index is 1.51. The second-order valence-corrected chi connectivity index (χ2v) is 7.05. The van der Waals surface area contributed by atoms with Crippen molar-refractivity contribution < 1.29 is 13.6 Å². The average Bonchev–Trinajstić information content (AvgIpc) is 3.09. The normalized spacial score (nSPS) is 12.7. The van der Waals surface area contributed by atoms with E-state index in [2.05, 4.69) is 22.7 Å². The summed E-state index contributed by atoms with van der Waals surface area (Å²) in [5.41, 5.74) is 6.45. The molecule has 130 valence electrons. The number of amides is 1. The van der Waals surface area contributed by atoms with Gasteiger partial charge in [0.15, 0.2) is 11.6 Å². The predicted molar refractivity (Wildman–Crippen MR) is 98.6 cm³/mol. The molecule has 26 heavy (non-hydrogen) atoms. The van der Waals surface area contributed by atoms with Crippen LogP contribution in [-0.4, -0.2) is 12.1 Å². The molecule has 6 heteroatoms. The highest BCUT2D eigenvalue weighted by molar-refractivity contribution is 7.17. The van der Waals surface area contributed by atoms with E-state index in [0.29, 0.717) is 10.4 Å². The number of hydrogen-bond acceptors (Lipinski definition) is 3. The number of carbonyl (C=O) groups is 1. The fraction of sp³-hybridized carbons (Fsp3) is 0.100. The van der Waals surface area contributed by atoms with Crippen molar-refractivity contribution in [2.45, 2.75) is 12.8 Å². The Morgan fingerprint density at radius 1 is 1.04 bits per heavy atom. The van der Waals surface area contributed by atoms with Gasteiger partial charge in [-0.25, -0.2) is 14.2 Å². The molecule has 1 amide bonds. The number of carbonyl (C=O) groups excluding carboxylic acids is 1. The summed E-state index contributed by atoms with van der Waals surface area (Å²) in [6, 6.07) is 13.5. The van der Waals surface area contributed by atoms with Crippen molar-refractivity contribution in [1.82, 2.24) is 5.43 Å². The zero-order valence-electron chi connectivity index (χ0n) is 13.6. The van der Waals surface area contributed by atoms with Crippen molar-refractivity contribution in [3.8, 4) is 10.4 Å². The van der Waals surface area contributed by atoms with Gasteiger partial charge in [0.25, 0.3) is 5.91 Å². The van der Waals surface area contributed by atoms with Crippen LogP contribution in [0.2, 0.25) is 0 Å². The first-order valence-corrected chi connectivity index (χ1v) is 8.93. The number of aryl methyl sites for hydroxylation is 2. The van der Waals surface area contributed by atoms with E-state index < -0.39 is 11.6 Å². The van der Waals surface area contributed by atoms with Crippen molar-refractivity contribution in [2.75, 3.05) is 0 Å². The highest BCUT2D eigenvalue weighted by Crippen LogP contribution is 2.39. The standard InChI is InChI=1S/C20H14F2N2OS/c21-16-8-5-12(9-17(16)22)11-23-24-20(25)18-10-14-7-6-13-3-1-2-4-15(13)19(14)26-18/h1-5,8-11H,6-7H2,(H,24,25)/b23-11-. The summed E-state index contributed by atoms with van der Waals surface area (Å²) >= 11 is 1.44. The summed E-state index contributed by atoms with van der Waals surface area (Å²) < 4.78 is 26.1. The maximum absolute atomic E-state index is 13.2. The molecule has 1 aromatic heterocycles. The minimum Gasteiger partial charge on any atom is -0.266 e. The van der Waals surface area contributed by atoms with Crippen LogP contribution >= 0.6 is 11.3 Å². The van der Waals surface area contributed by atoms with Crippen molar-refractivity contribution in [2.24, 2.45) is 5.10 Å². The van der Waals surface area contributed by atoms with Crippen LogP contribution in [0, 0.1) is 11.6 Å². The quantitative estimate of drug-likeness (QED) is 0.535. The zero-order chi connectivity index (χ0) is 18.1. The van der Waals surface area contributed by atoms with Crippen LogP contribution in [0.25, 0.3) is 10.4 Å². The van der Waals surface area contributed by atoms with Gasteiger partial charge < -0.3 is 0 Å². The Kier molecular flexibility index (Phi) is 4.34. The summed E-state index contributed by atoms with van der Waals surface area (Å²) in [5.74, 6) is -2.19. The highest BCUT2D eigenvalue weighted by Gasteiger charge is 2.21. The first-order valence-electron chi connectivity index (χ1n) is 8.11. The third-order valence-corrected chi connectivity index (χ3v) is 5.49. The van der Waals surface area contributed by atoms with E-state index in [1.165, 1.54) is 40.3 Å². The van der Waals surface area contributed by atoms with Crippen molar-refractivity contribution in [3.63, 3.8) is 0 Å². The molecule has 0 fully saturated rings. The molecule has 0 radical (unpaired) electrons. The summed E-state index contributed by atoms with van der Waals surface area (Å²) in [6.45, 7) is 0. The number of halogens is 2. The van der Waals surface area contributed by atoms with Gasteiger partial charge in [0, 0.05) is 4.88 Å². The Hall–Kier alpha value is -2.86. The first-order chi connectivity index (χ1) is 12.6. The molecular formula is C20H14F2N2OS. The molecule has 4 rings (SSSR count). The van der Waals surface area contributed by atoms with Gasteiger partial charge in [0.1, 0.15) is 0 Å². The zero-order valence-corrected chi connectivity index (χ0v) is 14.4. The van der Waals surface area contributed by atoms with E-state index in [9.17, 15) is 13.6 Å². The van der Waals surface area contributed by atoms with E-state index in [0.717, 1.165) is 29.9 Å². The van der Waals surface area contributed by atoms with Crippen LogP contribution in [0.4, 0.5) is 8.78 Å². The van der Waals surface area contributed by atoms with Gasteiger partial charge in [0.2, 0.25) is 0 Å². The summed E-state index contributed by atoms with van der Waals surface area (Å²) in [7, 11) is 0. The Morgan fingerprint density at radius 2 is 1.85 bits per heavy atom. The maximum atomic E-state index is 13.2. The van der Waals surface area contributed by atoms with Crippen molar-refractivity contribution in [3.05, 3.63) is 81.7 Å². The number of nitrogens with zero attached hydrogens (tertiary/aromatic N) is 1. The molecule has 0 bridgehead atoms. The number of nitrogens with one attached hydrogen (secondary N) is 1. The Bertz CT molecular complexity index is 1030. The van der Waals surface area contributed by atoms with Gasteiger partial charge in [-0.15, -0.1) is 11.3 Å². The molecule has 2 aromatic carbocycles. The number of thiophene rings is 1. The fourth-order valence-corrected chi connectivity index (χ4v) is 4.16. The average molecular weight is 368 g/mol. The second kappa shape index (κ2) is 6.80. The van der Waals surface area contributed by atoms with E-state index in [1.807, 2.05) is 18.2 Å². The van der Waals surface area contributed by atoms with E-state index in [4.69, 9.17) is 0 Å². The van der Waals surface area contributed by atoms with Crippen LogP contribution in [0.5, 0.6) is 0 Å². The molecule has 1 aliphatic carbocycles. The monoisotopic (exact) mass is 368 g/mol. The lowest BCUT2D eigenvalue weighted by atomic mass is 9.91. The van der Waals surface area contributed by atoms with E-state index in [1.54, 1.807) is 0 Å². The maximum Gasteiger partial charge on any atom is 0.281 e. The molecule has 1 N–H and O–H groups in total. The molecule has 0 atom stereocenters. The predicted octanol–water partition coefficient (Wildman–Crippen LogP) is 4.56. The second-order valence-electron chi connectivity index (χ2n) is 5.99. The molecule has 0 saturated carbocycles. The lowest BCUT2D eigenvalue weighted by molar-refractivity contribution is 0.0959. The number of rotatable bonds is 3. The van der Waals surface area contributed by atoms with Gasteiger partial charge in [-0.05, 0) is 53.3 Å². The smallest absolute Gasteiger partial charge is 0.266 e. The van der Waals surface area contributed by atoms with Gasteiger partial charge >= 0.3 is 0 Å². The van der Waals surface area contributed by atoms with Gasteiger partial charge in [0.05, 0.1) is 11.1 Å². The van der Waals surface area contributed by atoms with Crippen molar-refractivity contribution in [1.29, 1.82) is 0 Å². The van der Waals surface area contributed by atoms with Gasteiger partial charge in [-0.3, -0.25) is 4.79 Å². The molecule has 3 nitrogen and oxygen atoms in total. The van der Waals surface area contributed by atoms with E-state index in [-0.39, 0.29) is 5.91 Å². The molecule has 0 saturated heterocycles. The number of benzene rings is 2. The van der Waals surface area contributed by atoms with E-state index >= 15 is 0 Å². The third-order valence-electron chi connectivity index (χ3n) is 4.28. The largest absolute Gasteiger partial charge is 0.281 e. The number of hydrogen-bond donors (Lipinski definition) is 1. The Labute approximate surface area is 153 Å². The van der Waals surface area contributed by atoms with Crippen LogP contribution in [0.15, 0.2) is 53.6 Å². The molecule has 0 spiro atoms. The first kappa shape index (κ1) is 16.6. The molecule has 1 aliphatic rings. The third kappa shape index (κ3) is 3.15. The van der Waals surface area contributed by atoms with Crippen molar-refractivity contribution >= 4 is 23.5 Å². The van der Waals surface area contributed by atoms with Crippen LogP contribution in [-0.2, 0) is 12.8 Å². The fourth-order valence-electron chi connectivity index (χ4n) is 3.00. The molecule has 1 heterocycles. The minimum absolute atomic E-state index is 0.319. The summed E-state index contributed by atoms with van der Waals surface area (Å²) in [6.07, 6.45) is 3.16. The molecule has 0 aliphatic heterocycles. The minimum atomic E-state index is -0.954. The summed E-state index contributed by atoms with van der Waals surface area (Å²) in [5, 5.41) is 3.83. The molecular weight excluding hydrogens is 354 g/mol.